The summed E-state index contributed by atoms with van der Waals surface area (Å²) >= 11 is 0. The fourth-order valence-corrected chi connectivity index (χ4v) is 3.89. The van der Waals surface area contributed by atoms with E-state index in [0.717, 1.165) is 45.6 Å². The summed E-state index contributed by atoms with van der Waals surface area (Å²) in [4.78, 5) is 28.5. The van der Waals surface area contributed by atoms with E-state index >= 15 is 0 Å². The van der Waals surface area contributed by atoms with Crippen molar-refractivity contribution in [2.24, 2.45) is 0 Å². The summed E-state index contributed by atoms with van der Waals surface area (Å²) < 4.78 is 0. The molecule has 6 nitrogen and oxygen atoms in total. The van der Waals surface area contributed by atoms with Crippen LogP contribution in [0.5, 0.6) is 0 Å². The Balaban J connectivity index is 1.29. The van der Waals surface area contributed by atoms with E-state index < -0.39 is 0 Å². The number of benzene rings is 1. The summed E-state index contributed by atoms with van der Waals surface area (Å²) in [7, 11) is 0. The number of hydrogen-bond donors (Lipinski definition) is 2. The highest BCUT2D eigenvalue weighted by molar-refractivity contribution is 5.78. The van der Waals surface area contributed by atoms with E-state index in [1.165, 1.54) is 24.8 Å². The van der Waals surface area contributed by atoms with E-state index in [1.54, 1.807) is 0 Å². The maximum absolute atomic E-state index is 12.3. The van der Waals surface area contributed by atoms with Crippen LogP contribution in [0.15, 0.2) is 30.3 Å². The first-order valence-corrected chi connectivity index (χ1v) is 10.3. The van der Waals surface area contributed by atoms with E-state index in [-0.39, 0.29) is 11.9 Å². The van der Waals surface area contributed by atoms with Gasteiger partial charge in [-0.15, -0.1) is 0 Å². The van der Waals surface area contributed by atoms with Crippen molar-refractivity contribution in [1.29, 1.82) is 0 Å². The smallest absolute Gasteiger partial charge is 0.317 e. The molecule has 0 aromatic heterocycles. The van der Waals surface area contributed by atoms with Gasteiger partial charge in [-0.2, -0.15) is 0 Å². The van der Waals surface area contributed by atoms with Gasteiger partial charge in [-0.05, 0) is 18.4 Å². The van der Waals surface area contributed by atoms with Gasteiger partial charge in [-0.25, -0.2) is 4.79 Å². The van der Waals surface area contributed by atoms with Crippen molar-refractivity contribution in [2.75, 3.05) is 32.7 Å². The van der Waals surface area contributed by atoms with Gasteiger partial charge >= 0.3 is 6.03 Å². The molecule has 1 aliphatic carbocycles. The lowest BCUT2D eigenvalue weighted by Crippen LogP contribution is -2.51. The van der Waals surface area contributed by atoms with Gasteiger partial charge in [0, 0.05) is 51.7 Å². The Bertz CT molecular complexity index is 593. The fourth-order valence-electron chi connectivity index (χ4n) is 3.89. The molecule has 0 bridgehead atoms. The summed E-state index contributed by atoms with van der Waals surface area (Å²) in [5.41, 5.74) is 1.30. The van der Waals surface area contributed by atoms with Gasteiger partial charge in [0.15, 0.2) is 0 Å². The van der Waals surface area contributed by atoms with Crippen LogP contribution in [-0.4, -0.2) is 60.5 Å². The van der Waals surface area contributed by atoms with Gasteiger partial charge in [0.1, 0.15) is 0 Å². The third kappa shape index (κ3) is 6.54. The summed E-state index contributed by atoms with van der Waals surface area (Å²) in [5.74, 6) is 0.0508. The van der Waals surface area contributed by atoms with Crippen molar-refractivity contribution < 1.29 is 9.59 Å². The molecule has 27 heavy (non-hydrogen) atoms. The number of hydrogen-bond acceptors (Lipinski definition) is 3. The topological polar surface area (TPSA) is 64.7 Å². The second kappa shape index (κ2) is 10.3. The Morgan fingerprint density at radius 3 is 2.37 bits per heavy atom. The molecule has 0 unspecified atom stereocenters. The molecule has 0 atom stereocenters. The average molecular weight is 373 g/mol. The number of nitrogens with one attached hydrogen (secondary N) is 2. The summed E-state index contributed by atoms with van der Waals surface area (Å²) in [6.07, 6.45) is 6.23. The Morgan fingerprint density at radius 1 is 0.963 bits per heavy atom. The fraction of sp³-hybridized carbons (Fsp3) is 0.619. The van der Waals surface area contributed by atoms with Gasteiger partial charge in [0.2, 0.25) is 5.91 Å². The molecule has 2 N–H and O–H groups in total. The minimum absolute atomic E-state index is 0.0508. The molecule has 1 saturated heterocycles. The summed E-state index contributed by atoms with van der Waals surface area (Å²) in [6.45, 7) is 4.55. The minimum atomic E-state index is -0.0557. The third-order valence-corrected chi connectivity index (χ3v) is 5.51. The van der Waals surface area contributed by atoms with E-state index in [0.29, 0.717) is 19.0 Å². The van der Waals surface area contributed by atoms with E-state index in [9.17, 15) is 9.59 Å². The van der Waals surface area contributed by atoms with Crippen LogP contribution in [0, 0.1) is 0 Å². The highest BCUT2D eigenvalue weighted by atomic mass is 16.2. The van der Waals surface area contributed by atoms with Crippen molar-refractivity contribution >= 4 is 11.9 Å². The van der Waals surface area contributed by atoms with E-state index in [1.807, 2.05) is 11.0 Å². The molecule has 2 fully saturated rings. The van der Waals surface area contributed by atoms with Crippen LogP contribution in [0.4, 0.5) is 4.79 Å². The van der Waals surface area contributed by atoms with Crippen LogP contribution < -0.4 is 10.6 Å². The Morgan fingerprint density at radius 2 is 1.67 bits per heavy atom. The minimum Gasteiger partial charge on any atom is -0.353 e. The highest BCUT2D eigenvalue weighted by Crippen LogP contribution is 2.17. The molecule has 3 rings (SSSR count). The Hall–Kier alpha value is -2.08. The first kappa shape index (κ1) is 19.7. The van der Waals surface area contributed by atoms with Gasteiger partial charge in [0.25, 0.3) is 0 Å². The van der Waals surface area contributed by atoms with Gasteiger partial charge in [-0.3, -0.25) is 9.69 Å². The molecule has 0 spiro atoms. The van der Waals surface area contributed by atoms with Crippen molar-refractivity contribution in [2.45, 2.75) is 51.1 Å². The van der Waals surface area contributed by atoms with Gasteiger partial charge in [0.05, 0.1) is 0 Å². The molecular weight excluding hydrogens is 340 g/mol. The molecule has 6 heteroatoms. The van der Waals surface area contributed by atoms with Gasteiger partial charge in [-0.1, -0.05) is 49.6 Å². The number of nitrogens with zero attached hydrogens (tertiary/aromatic N) is 2. The molecule has 1 aromatic rings. The zero-order valence-corrected chi connectivity index (χ0v) is 16.2. The maximum Gasteiger partial charge on any atom is 0.317 e. The van der Waals surface area contributed by atoms with Crippen molar-refractivity contribution in [3.8, 4) is 0 Å². The molecule has 1 aromatic carbocycles. The predicted molar refractivity (Wildman–Crippen MR) is 106 cm³/mol. The molecule has 0 radical (unpaired) electrons. The molecule has 148 valence electrons. The van der Waals surface area contributed by atoms with Crippen molar-refractivity contribution in [1.82, 2.24) is 20.4 Å². The van der Waals surface area contributed by atoms with Crippen LogP contribution >= 0.6 is 0 Å². The average Bonchev–Trinajstić information content (AvgIpc) is 2.70. The lowest BCUT2D eigenvalue weighted by molar-refractivity contribution is -0.121. The summed E-state index contributed by atoms with van der Waals surface area (Å²) in [6, 6.07) is 10.7. The SMILES string of the molecule is O=C(CCNC(=O)N1CCN(Cc2ccccc2)CC1)NC1CCCCC1. The largest absolute Gasteiger partial charge is 0.353 e. The molecule has 2 aliphatic rings. The Kier molecular flexibility index (Phi) is 7.51. The molecular formula is C21H32N4O2. The predicted octanol–water partition coefficient (Wildman–Crippen LogP) is 2.35. The van der Waals surface area contributed by atoms with Crippen LogP contribution in [0.3, 0.4) is 0 Å². The van der Waals surface area contributed by atoms with E-state index in [4.69, 9.17) is 0 Å². The molecule has 1 aliphatic heterocycles. The number of carbonyl (C=O) groups excluding carboxylic acids is 2. The first-order valence-electron chi connectivity index (χ1n) is 10.3. The normalized spacial score (nSPS) is 18.9. The second-order valence-corrected chi connectivity index (χ2v) is 7.63. The number of amides is 3. The number of urea groups is 1. The van der Waals surface area contributed by atoms with Gasteiger partial charge < -0.3 is 15.5 Å². The second-order valence-electron chi connectivity index (χ2n) is 7.63. The summed E-state index contributed by atoms with van der Waals surface area (Å²) in [5, 5.41) is 5.98. The third-order valence-electron chi connectivity index (χ3n) is 5.51. The standard InChI is InChI=1S/C21H32N4O2/c26-20(23-19-9-5-2-6-10-19)11-12-22-21(27)25-15-13-24(14-16-25)17-18-7-3-1-4-8-18/h1,3-4,7-8,19H,2,5-6,9-17H2,(H,22,27)(H,23,26). The van der Waals surface area contributed by atoms with Crippen LogP contribution in [0.2, 0.25) is 0 Å². The number of piperazine rings is 1. The number of carbonyl (C=O) groups is 2. The monoisotopic (exact) mass is 372 g/mol. The zero-order chi connectivity index (χ0) is 18.9. The first-order chi connectivity index (χ1) is 13.2. The Labute approximate surface area is 162 Å². The lowest BCUT2D eigenvalue weighted by atomic mass is 9.95. The lowest BCUT2D eigenvalue weighted by Gasteiger charge is -2.34. The van der Waals surface area contributed by atoms with E-state index in [2.05, 4.69) is 39.8 Å². The quantitative estimate of drug-likeness (QED) is 0.806. The molecule has 3 amide bonds. The number of rotatable bonds is 6. The van der Waals surface area contributed by atoms with Crippen LogP contribution in [0.1, 0.15) is 44.1 Å². The van der Waals surface area contributed by atoms with Crippen LogP contribution in [-0.2, 0) is 11.3 Å². The maximum atomic E-state index is 12.3. The molecule has 1 heterocycles. The zero-order valence-electron chi connectivity index (χ0n) is 16.2. The van der Waals surface area contributed by atoms with Crippen molar-refractivity contribution in [3.05, 3.63) is 35.9 Å². The molecule has 1 saturated carbocycles. The highest BCUT2D eigenvalue weighted by Gasteiger charge is 2.21. The van der Waals surface area contributed by atoms with Crippen LogP contribution in [0.25, 0.3) is 0 Å². The van der Waals surface area contributed by atoms with Crippen molar-refractivity contribution in [3.63, 3.8) is 0 Å².